The number of carbonyl (C=O) groups excluding carboxylic acids is 1. The first-order valence-electron chi connectivity index (χ1n) is 10.2. The standard InChI is InChI=1S/C24H24ClN3O5S/c1-28(34(30,31)21-12-13-23(32-2)22(25)14-21)16-24(29)27-26-15-18-8-10-20(11-9-18)33-17-19-6-4-3-5-7-19/h3-15H,16-17H2,1-2H3,(H,27,29)/b26-15+. The molecule has 3 aromatic carbocycles. The van der Waals surface area contributed by atoms with Crippen LogP contribution in [0, 0.1) is 0 Å². The predicted octanol–water partition coefficient (Wildman–Crippen LogP) is 3.70. The van der Waals surface area contributed by atoms with Crippen LogP contribution in [0.2, 0.25) is 5.02 Å². The Morgan fingerprint density at radius 2 is 1.79 bits per heavy atom. The Hall–Kier alpha value is -3.40. The van der Waals surface area contributed by atoms with E-state index in [1.54, 1.807) is 24.3 Å². The fraction of sp³-hybridized carbons (Fsp3) is 0.167. The second kappa shape index (κ2) is 11.6. The van der Waals surface area contributed by atoms with E-state index in [1.807, 2.05) is 30.3 Å². The van der Waals surface area contributed by atoms with Gasteiger partial charge in [-0.15, -0.1) is 0 Å². The van der Waals surface area contributed by atoms with Crippen LogP contribution in [-0.4, -0.2) is 45.5 Å². The van der Waals surface area contributed by atoms with Gasteiger partial charge in [0.2, 0.25) is 10.0 Å². The van der Waals surface area contributed by atoms with Gasteiger partial charge >= 0.3 is 0 Å². The van der Waals surface area contributed by atoms with Gasteiger partial charge in [0.15, 0.2) is 0 Å². The number of amides is 1. The van der Waals surface area contributed by atoms with Crippen molar-refractivity contribution in [1.29, 1.82) is 0 Å². The predicted molar refractivity (Wildman–Crippen MR) is 131 cm³/mol. The smallest absolute Gasteiger partial charge is 0.255 e. The largest absolute Gasteiger partial charge is 0.495 e. The lowest BCUT2D eigenvalue weighted by Gasteiger charge is -2.16. The van der Waals surface area contributed by atoms with Crippen molar-refractivity contribution in [1.82, 2.24) is 9.73 Å². The van der Waals surface area contributed by atoms with Gasteiger partial charge in [-0.25, -0.2) is 13.8 Å². The van der Waals surface area contributed by atoms with Crippen molar-refractivity contribution in [2.75, 3.05) is 20.7 Å². The summed E-state index contributed by atoms with van der Waals surface area (Å²) < 4.78 is 37.0. The maximum absolute atomic E-state index is 12.7. The Bertz CT molecular complexity index is 1250. The lowest BCUT2D eigenvalue weighted by Crippen LogP contribution is -2.36. The molecule has 0 saturated carbocycles. The summed E-state index contributed by atoms with van der Waals surface area (Å²) in [5.41, 5.74) is 4.13. The molecule has 1 amide bonds. The van der Waals surface area contributed by atoms with Crippen molar-refractivity contribution in [2.24, 2.45) is 5.10 Å². The van der Waals surface area contributed by atoms with E-state index in [-0.39, 0.29) is 9.92 Å². The fourth-order valence-corrected chi connectivity index (χ4v) is 4.36. The number of rotatable bonds is 10. The minimum atomic E-state index is -3.92. The number of benzene rings is 3. The zero-order valence-electron chi connectivity index (χ0n) is 18.6. The SMILES string of the molecule is COc1ccc(S(=O)(=O)N(C)CC(=O)N/N=C/c2ccc(OCc3ccccc3)cc2)cc1Cl. The third-order valence-electron chi connectivity index (χ3n) is 4.73. The highest BCUT2D eigenvalue weighted by atomic mass is 35.5. The Kier molecular flexibility index (Phi) is 8.64. The molecular formula is C24H24ClN3O5S. The van der Waals surface area contributed by atoms with Crippen LogP contribution in [0.1, 0.15) is 11.1 Å². The quantitative estimate of drug-likeness (QED) is 0.337. The van der Waals surface area contributed by atoms with E-state index in [0.29, 0.717) is 18.1 Å². The van der Waals surface area contributed by atoms with Crippen molar-refractivity contribution in [3.05, 3.63) is 88.9 Å². The number of hydrogen-bond acceptors (Lipinski definition) is 6. The van der Waals surface area contributed by atoms with Gasteiger partial charge < -0.3 is 9.47 Å². The number of halogens is 1. The van der Waals surface area contributed by atoms with E-state index in [0.717, 1.165) is 15.4 Å². The van der Waals surface area contributed by atoms with E-state index in [1.165, 1.54) is 38.6 Å². The molecule has 0 bridgehead atoms. The van der Waals surface area contributed by atoms with Crippen molar-refractivity contribution >= 4 is 33.7 Å². The third kappa shape index (κ3) is 6.80. The highest BCUT2D eigenvalue weighted by Crippen LogP contribution is 2.28. The van der Waals surface area contributed by atoms with Gasteiger partial charge in [-0.1, -0.05) is 41.9 Å². The number of nitrogens with one attached hydrogen (secondary N) is 1. The van der Waals surface area contributed by atoms with Crippen LogP contribution in [0.25, 0.3) is 0 Å². The summed E-state index contributed by atoms with van der Waals surface area (Å²) >= 11 is 6.01. The molecule has 0 atom stereocenters. The molecule has 0 spiro atoms. The average Bonchev–Trinajstić information content (AvgIpc) is 2.84. The summed E-state index contributed by atoms with van der Waals surface area (Å²) in [7, 11) is -1.19. The molecule has 0 fully saturated rings. The molecule has 0 aliphatic rings. The first-order chi connectivity index (χ1) is 16.3. The summed E-state index contributed by atoms with van der Waals surface area (Å²) in [5.74, 6) is 0.464. The van der Waals surface area contributed by atoms with Gasteiger partial charge in [-0.3, -0.25) is 4.79 Å². The van der Waals surface area contributed by atoms with E-state index in [4.69, 9.17) is 21.1 Å². The van der Waals surface area contributed by atoms with E-state index in [9.17, 15) is 13.2 Å². The average molecular weight is 502 g/mol. The Labute approximate surface area is 203 Å². The maximum Gasteiger partial charge on any atom is 0.255 e. The topological polar surface area (TPSA) is 97.3 Å². The molecule has 34 heavy (non-hydrogen) atoms. The molecule has 0 radical (unpaired) electrons. The molecular weight excluding hydrogens is 478 g/mol. The highest BCUT2D eigenvalue weighted by molar-refractivity contribution is 7.89. The second-order valence-corrected chi connectivity index (χ2v) is 9.65. The third-order valence-corrected chi connectivity index (χ3v) is 6.82. The summed E-state index contributed by atoms with van der Waals surface area (Å²) in [6.07, 6.45) is 1.45. The van der Waals surface area contributed by atoms with Gasteiger partial charge in [-0.2, -0.15) is 9.41 Å². The monoisotopic (exact) mass is 501 g/mol. The van der Waals surface area contributed by atoms with Crippen LogP contribution in [0.4, 0.5) is 0 Å². The minimum Gasteiger partial charge on any atom is -0.495 e. The van der Waals surface area contributed by atoms with Crippen molar-refractivity contribution in [3.8, 4) is 11.5 Å². The molecule has 0 heterocycles. The summed E-state index contributed by atoms with van der Waals surface area (Å²) in [6.45, 7) is 0.0407. The first-order valence-corrected chi connectivity index (χ1v) is 12.0. The Morgan fingerprint density at radius 1 is 1.09 bits per heavy atom. The lowest BCUT2D eigenvalue weighted by molar-refractivity contribution is -0.121. The molecule has 0 unspecified atom stereocenters. The molecule has 0 aliphatic heterocycles. The Balaban J connectivity index is 1.50. The number of ether oxygens (including phenoxy) is 2. The number of hydrazone groups is 1. The maximum atomic E-state index is 12.7. The number of sulfonamides is 1. The van der Waals surface area contributed by atoms with Crippen LogP contribution in [0.3, 0.4) is 0 Å². The number of methoxy groups -OCH3 is 1. The molecule has 3 rings (SSSR count). The van der Waals surface area contributed by atoms with Crippen molar-refractivity contribution in [2.45, 2.75) is 11.5 Å². The molecule has 8 nitrogen and oxygen atoms in total. The molecule has 1 N–H and O–H groups in total. The van der Waals surface area contributed by atoms with E-state index >= 15 is 0 Å². The van der Waals surface area contributed by atoms with Crippen molar-refractivity contribution < 1.29 is 22.7 Å². The fourth-order valence-electron chi connectivity index (χ4n) is 2.88. The summed E-state index contributed by atoms with van der Waals surface area (Å²) in [4.78, 5) is 12.1. The number of nitrogens with zero attached hydrogens (tertiary/aromatic N) is 2. The van der Waals surface area contributed by atoms with Gasteiger partial charge in [0.25, 0.3) is 5.91 Å². The van der Waals surface area contributed by atoms with Gasteiger partial charge in [-0.05, 0) is 53.6 Å². The lowest BCUT2D eigenvalue weighted by atomic mass is 10.2. The van der Waals surface area contributed by atoms with Gasteiger partial charge in [0, 0.05) is 7.05 Å². The molecule has 0 saturated heterocycles. The normalized spacial score (nSPS) is 11.5. The van der Waals surface area contributed by atoms with E-state index < -0.39 is 22.5 Å². The molecule has 0 aromatic heterocycles. The minimum absolute atomic E-state index is 0.0494. The van der Waals surface area contributed by atoms with Gasteiger partial charge in [0.05, 0.1) is 29.8 Å². The second-order valence-electron chi connectivity index (χ2n) is 7.19. The molecule has 3 aromatic rings. The van der Waals surface area contributed by atoms with Crippen LogP contribution in [0.15, 0.2) is 82.8 Å². The summed E-state index contributed by atoms with van der Waals surface area (Å²) in [6, 6.07) is 21.1. The zero-order chi connectivity index (χ0) is 24.6. The molecule has 10 heteroatoms. The summed E-state index contributed by atoms with van der Waals surface area (Å²) in [5, 5.41) is 4.04. The molecule has 0 aliphatic carbocycles. The van der Waals surface area contributed by atoms with Crippen LogP contribution < -0.4 is 14.9 Å². The van der Waals surface area contributed by atoms with Crippen LogP contribution >= 0.6 is 11.6 Å². The van der Waals surface area contributed by atoms with Crippen LogP contribution in [0.5, 0.6) is 11.5 Å². The number of hydrogen-bond donors (Lipinski definition) is 1. The number of carbonyl (C=O) groups is 1. The van der Waals surface area contributed by atoms with E-state index in [2.05, 4.69) is 10.5 Å². The van der Waals surface area contributed by atoms with Gasteiger partial charge in [0.1, 0.15) is 18.1 Å². The first kappa shape index (κ1) is 25.2. The highest BCUT2D eigenvalue weighted by Gasteiger charge is 2.23. The number of likely N-dealkylation sites (N-methyl/N-ethyl adjacent to an activating group) is 1. The Morgan fingerprint density at radius 3 is 2.44 bits per heavy atom. The zero-order valence-corrected chi connectivity index (χ0v) is 20.2. The molecule has 178 valence electrons. The van der Waals surface area contributed by atoms with Crippen molar-refractivity contribution in [3.63, 3.8) is 0 Å². The van der Waals surface area contributed by atoms with Crippen LogP contribution in [-0.2, 0) is 21.4 Å².